The fourth-order valence-corrected chi connectivity index (χ4v) is 1.49. The number of hydrogen-bond acceptors (Lipinski definition) is 1. The number of hydrogen-bond donors (Lipinski definition) is 1. The van der Waals surface area contributed by atoms with Crippen LogP contribution in [-0.2, 0) is 17.4 Å². The van der Waals surface area contributed by atoms with Crippen molar-refractivity contribution < 1.29 is 18.0 Å². The van der Waals surface area contributed by atoms with E-state index in [9.17, 15) is 18.0 Å². The van der Waals surface area contributed by atoms with Crippen LogP contribution in [0.15, 0.2) is 24.3 Å². The van der Waals surface area contributed by atoms with Crippen molar-refractivity contribution in [1.29, 1.82) is 0 Å². The van der Waals surface area contributed by atoms with Crippen LogP contribution in [-0.4, -0.2) is 18.3 Å². The highest BCUT2D eigenvalue weighted by Gasteiger charge is 2.29. The van der Waals surface area contributed by atoms with E-state index < -0.39 is 11.7 Å². The molecule has 0 fully saturated rings. The number of benzene rings is 1. The van der Waals surface area contributed by atoms with E-state index in [1.807, 2.05) is 0 Å². The minimum absolute atomic E-state index is 0.0699. The van der Waals surface area contributed by atoms with Crippen molar-refractivity contribution in [3.05, 3.63) is 35.4 Å². The molecule has 0 aliphatic heterocycles. The Morgan fingerprint density at radius 1 is 1.22 bits per heavy atom. The van der Waals surface area contributed by atoms with E-state index in [4.69, 9.17) is 11.6 Å². The molecule has 1 amide bonds. The standard InChI is InChI=1S/C12H13ClF3NO/c13-6-1-7-17-11(18)8-9-2-4-10(5-3-9)12(14,15)16/h2-5H,1,6-8H2,(H,17,18). The molecule has 0 spiro atoms. The fourth-order valence-electron chi connectivity index (χ4n) is 1.35. The van der Waals surface area contributed by atoms with Gasteiger partial charge in [0.2, 0.25) is 5.91 Å². The molecule has 1 aromatic rings. The molecular weight excluding hydrogens is 267 g/mol. The van der Waals surface area contributed by atoms with Crippen LogP contribution in [0, 0.1) is 0 Å². The largest absolute Gasteiger partial charge is 0.416 e. The molecule has 0 aliphatic carbocycles. The van der Waals surface area contributed by atoms with E-state index in [0.717, 1.165) is 12.1 Å². The lowest BCUT2D eigenvalue weighted by molar-refractivity contribution is -0.137. The summed E-state index contributed by atoms with van der Waals surface area (Å²) >= 11 is 5.45. The average Bonchev–Trinajstić information content (AvgIpc) is 2.29. The molecule has 0 aliphatic rings. The zero-order chi connectivity index (χ0) is 13.6. The summed E-state index contributed by atoms with van der Waals surface area (Å²) < 4.78 is 36.9. The molecule has 6 heteroatoms. The third-order valence-corrected chi connectivity index (χ3v) is 2.55. The minimum atomic E-state index is -4.35. The van der Waals surface area contributed by atoms with Crippen LogP contribution in [0.1, 0.15) is 17.5 Å². The van der Waals surface area contributed by atoms with Gasteiger partial charge in [0.25, 0.3) is 0 Å². The predicted octanol–water partition coefficient (Wildman–Crippen LogP) is 2.99. The average molecular weight is 280 g/mol. The Hall–Kier alpha value is -1.23. The van der Waals surface area contributed by atoms with Crippen LogP contribution in [0.2, 0.25) is 0 Å². The normalized spacial score (nSPS) is 11.3. The summed E-state index contributed by atoms with van der Waals surface area (Å²) in [6.45, 7) is 0.475. The first-order valence-electron chi connectivity index (χ1n) is 5.42. The number of alkyl halides is 4. The monoisotopic (exact) mass is 279 g/mol. The van der Waals surface area contributed by atoms with Crippen molar-refractivity contribution in [2.45, 2.75) is 19.0 Å². The van der Waals surface area contributed by atoms with E-state index in [-0.39, 0.29) is 12.3 Å². The van der Waals surface area contributed by atoms with Gasteiger partial charge in [-0.1, -0.05) is 12.1 Å². The molecule has 0 saturated carbocycles. The summed E-state index contributed by atoms with van der Waals surface area (Å²) in [5.74, 6) is 0.237. The van der Waals surface area contributed by atoms with Gasteiger partial charge in [-0.2, -0.15) is 13.2 Å². The molecule has 0 bridgehead atoms. The Bertz CT molecular complexity index is 389. The van der Waals surface area contributed by atoms with Gasteiger partial charge in [-0.15, -0.1) is 11.6 Å². The minimum Gasteiger partial charge on any atom is -0.356 e. The highest BCUT2D eigenvalue weighted by Crippen LogP contribution is 2.29. The lowest BCUT2D eigenvalue weighted by Crippen LogP contribution is -2.26. The first kappa shape index (κ1) is 14.8. The summed E-state index contributed by atoms with van der Waals surface area (Å²) in [6.07, 6.45) is -3.61. The molecule has 0 aromatic heterocycles. The molecule has 18 heavy (non-hydrogen) atoms. The molecule has 0 saturated heterocycles. The van der Waals surface area contributed by atoms with Crippen LogP contribution >= 0.6 is 11.6 Å². The van der Waals surface area contributed by atoms with Gasteiger partial charge < -0.3 is 5.32 Å². The van der Waals surface area contributed by atoms with Gasteiger partial charge >= 0.3 is 6.18 Å². The van der Waals surface area contributed by atoms with E-state index >= 15 is 0 Å². The maximum Gasteiger partial charge on any atom is 0.416 e. The molecule has 100 valence electrons. The van der Waals surface area contributed by atoms with Gasteiger partial charge in [-0.05, 0) is 24.1 Å². The molecule has 1 N–H and O–H groups in total. The van der Waals surface area contributed by atoms with Gasteiger partial charge in [0.05, 0.1) is 12.0 Å². The molecular formula is C12H13ClF3NO. The van der Waals surface area contributed by atoms with Crippen molar-refractivity contribution in [2.75, 3.05) is 12.4 Å². The molecule has 0 unspecified atom stereocenters. The maximum absolute atomic E-state index is 12.3. The Labute approximate surface area is 108 Å². The number of amides is 1. The topological polar surface area (TPSA) is 29.1 Å². The van der Waals surface area contributed by atoms with E-state index in [1.54, 1.807) is 0 Å². The lowest BCUT2D eigenvalue weighted by Gasteiger charge is -2.08. The molecule has 1 aromatic carbocycles. The number of nitrogens with one attached hydrogen (secondary N) is 1. The lowest BCUT2D eigenvalue weighted by atomic mass is 10.1. The number of carbonyl (C=O) groups excluding carboxylic acids is 1. The van der Waals surface area contributed by atoms with Crippen molar-refractivity contribution in [3.8, 4) is 0 Å². The Balaban J connectivity index is 2.51. The van der Waals surface area contributed by atoms with Gasteiger partial charge in [0, 0.05) is 12.4 Å². The van der Waals surface area contributed by atoms with Crippen molar-refractivity contribution in [1.82, 2.24) is 5.32 Å². The summed E-state index contributed by atoms with van der Waals surface area (Å²) in [5.41, 5.74) is -0.167. The number of carbonyl (C=O) groups is 1. The smallest absolute Gasteiger partial charge is 0.356 e. The van der Waals surface area contributed by atoms with Gasteiger partial charge in [-0.25, -0.2) is 0 Å². The van der Waals surface area contributed by atoms with E-state index in [2.05, 4.69) is 5.32 Å². The van der Waals surface area contributed by atoms with E-state index in [1.165, 1.54) is 12.1 Å². The Morgan fingerprint density at radius 3 is 2.33 bits per heavy atom. The van der Waals surface area contributed by atoms with E-state index in [0.29, 0.717) is 24.4 Å². The third-order valence-electron chi connectivity index (χ3n) is 2.28. The SMILES string of the molecule is O=C(Cc1ccc(C(F)(F)F)cc1)NCCCCl. The first-order valence-corrected chi connectivity index (χ1v) is 5.95. The third kappa shape index (κ3) is 4.96. The molecule has 0 radical (unpaired) electrons. The zero-order valence-corrected chi connectivity index (χ0v) is 10.3. The number of halogens is 4. The van der Waals surface area contributed by atoms with Gasteiger partial charge in [0.15, 0.2) is 0 Å². The van der Waals surface area contributed by atoms with Crippen LogP contribution in [0.5, 0.6) is 0 Å². The highest BCUT2D eigenvalue weighted by atomic mass is 35.5. The Morgan fingerprint density at radius 2 is 1.83 bits per heavy atom. The molecule has 1 rings (SSSR count). The zero-order valence-electron chi connectivity index (χ0n) is 9.56. The van der Waals surface area contributed by atoms with Crippen LogP contribution < -0.4 is 5.32 Å². The second-order valence-electron chi connectivity index (χ2n) is 3.76. The summed E-state index contributed by atoms with van der Waals surface area (Å²) in [4.78, 5) is 11.4. The highest BCUT2D eigenvalue weighted by molar-refractivity contribution is 6.17. The quantitative estimate of drug-likeness (QED) is 0.651. The molecule has 0 atom stereocenters. The summed E-state index contributed by atoms with van der Waals surface area (Å²) in [6, 6.07) is 4.57. The molecule has 2 nitrogen and oxygen atoms in total. The second kappa shape index (κ2) is 6.64. The maximum atomic E-state index is 12.3. The number of rotatable bonds is 5. The molecule has 0 heterocycles. The first-order chi connectivity index (χ1) is 8.43. The fraction of sp³-hybridized carbons (Fsp3) is 0.417. The van der Waals surface area contributed by atoms with Gasteiger partial charge in [-0.3, -0.25) is 4.79 Å². The van der Waals surface area contributed by atoms with Crippen molar-refractivity contribution >= 4 is 17.5 Å². The van der Waals surface area contributed by atoms with Crippen molar-refractivity contribution in [3.63, 3.8) is 0 Å². The summed E-state index contributed by atoms with van der Waals surface area (Å²) in [5, 5.41) is 2.63. The van der Waals surface area contributed by atoms with Crippen LogP contribution in [0.25, 0.3) is 0 Å². The van der Waals surface area contributed by atoms with Gasteiger partial charge in [0.1, 0.15) is 0 Å². The van der Waals surface area contributed by atoms with Crippen molar-refractivity contribution in [2.24, 2.45) is 0 Å². The van der Waals surface area contributed by atoms with Crippen LogP contribution in [0.3, 0.4) is 0 Å². The van der Waals surface area contributed by atoms with Crippen LogP contribution in [0.4, 0.5) is 13.2 Å². The predicted molar refractivity (Wildman–Crippen MR) is 63.5 cm³/mol. The summed E-state index contributed by atoms with van der Waals surface area (Å²) in [7, 11) is 0. The second-order valence-corrected chi connectivity index (χ2v) is 4.14. The Kier molecular flexibility index (Phi) is 5.47.